The molecule has 0 radical (unpaired) electrons. The van der Waals surface area contributed by atoms with Crippen molar-refractivity contribution in [1.82, 2.24) is 4.90 Å². The quantitative estimate of drug-likeness (QED) is 0.540. The first-order valence-electron chi connectivity index (χ1n) is 8.24. The Balaban J connectivity index is 1.67. The Labute approximate surface area is 132 Å². The summed E-state index contributed by atoms with van der Waals surface area (Å²) in [4.78, 5) is 14.6. The second-order valence-electron chi connectivity index (χ2n) is 6.51. The zero-order valence-electron chi connectivity index (χ0n) is 13.0. The van der Waals surface area contributed by atoms with Crippen molar-refractivity contribution in [2.24, 2.45) is 5.92 Å². The maximum atomic E-state index is 12.4. The highest BCUT2D eigenvalue weighted by atomic mass is 33.1. The SMILES string of the molecule is C[C@@H]1CCC[C@@H](C)N(C(=O)CCCC[C@H]2CCSS2)C1. The van der Waals surface area contributed by atoms with E-state index in [1.165, 1.54) is 44.3 Å². The average Bonchev–Trinajstić information content (AvgIpc) is 2.87. The monoisotopic (exact) mass is 315 g/mol. The summed E-state index contributed by atoms with van der Waals surface area (Å²) in [5.41, 5.74) is 0. The second kappa shape index (κ2) is 8.57. The molecule has 20 heavy (non-hydrogen) atoms. The van der Waals surface area contributed by atoms with Crippen LogP contribution in [0, 0.1) is 5.92 Å². The van der Waals surface area contributed by atoms with E-state index >= 15 is 0 Å². The summed E-state index contributed by atoms with van der Waals surface area (Å²) in [6.07, 6.45) is 9.49. The molecular formula is C16H29NOS2. The molecule has 0 unspecified atom stereocenters. The third kappa shape index (κ3) is 5.18. The Hall–Kier alpha value is 0.170. The fourth-order valence-corrected chi connectivity index (χ4v) is 6.26. The lowest BCUT2D eigenvalue weighted by Crippen LogP contribution is -2.39. The van der Waals surface area contributed by atoms with Gasteiger partial charge in [0.1, 0.15) is 0 Å². The number of likely N-dealkylation sites (tertiary alicyclic amines) is 1. The van der Waals surface area contributed by atoms with Crippen molar-refractivity contribution >= 4 is 27.5 Å². The molecule has 3 atom stereocenters. The van der Waals surface area contributed by atoms with Crippen molar-refractivity contribution in [1.29, 1.82) is 0 Å². The molecule has 2 rings (SSSR count). The average molecular weight is 316 g/mol. The van der Waals surface area contributed by atoms with Crippen molar-refractivity contribution in [3.05, 3.63) is 0 Å². The van der Waals surface area contributed by atoms with Gasteiger partial charge in [-0.1, -0.05) is 41.4 Å². The molecule has 0 bridgehead atoms. The van der Waals surface area contributed by atoms with Crippen molar-refractivity contribution in [2.45, 2.75) is 76.5 Å². The molecule has 0 aliphatic carbocycles. The van der Waals surface area contributed by atoms with E-state index in [0.717, 1.165) is 24.6 Å². The number of carbonyl (C=O) groups excluding carboxylic acids is 1. The molecule has 0 N–H and O–H groups in total. The highest BCUT2D eigenvalue weighted by Crippen LogP contribution is 2.39. The lowest BCUT2D eigenvalue weighted by molar-refractivity contribution is -0.133. The minimum absolute atomic E-state index is 0.403. The molecule has 1 amide bonds. The molecule has 0 aromatic rings. The van der Waals surface area contributed by atoms with Crippen LogP contribution in [0.3, 0.4) is 0 Å². The largest absolute Gasteiger partial charge is 0.340 e. The van der Waals surface area contributed by atoms with Gasteiger partial charge < -0.3 is 4.90 Å². The number of nitrogens with zero attached hydrogens (tertiary/aromatic N) is 1. The van der Waals surface area contributed by atoms with Crippen LogP contribution in [0.1, 0.15) is 65.2 Å². The number of unbranched alkanes of at least 4 members (excludes halogenated alkanes) is 1. The molecule has 2 aliphatic heterocycles. The Morgan fingerprint density at radius 1 is 1.20 bits per heavy atom. The fraction of sp³-hybridized carbons (Fsp3) is 0.938. The zero-order valence-corrected chi connectivity index (χ0v) is 14.6. The van der Waals surface area contributed by atoms with E-state index in [1.807, 2.05) is 10.8 Å². The van der Waals surface area contributed by atoms with Gasteiger partial charge in [-0.05, 0) is 44.9 Å². The lowest BCUT2D eigenvalue weighted by Gasteiger charge is -2.29. The molecule has 0 spiro atoms. The number of amides is 1. The van der Waals surface area contributed by atoms with Crippen molar-refractivity contribution in [3.8, 4) is 0 Å². The summed E-state index contributed by atoms with van der Waals surface area (Å²) in [6.45, 7) is 5.49. The Morgan fingerprint density at radius 2 is 2.05 bits per heavy atom. The third-order valence-corrected chi connectivity index (χ3v) is 7.58. The number of rotatable bonds is 5. The molecule has 2 fully saturated rings. The van der Waals surface area contributed by atoms with Gasteiger partial charge >= 0.3 is 0 Å². The minimum Gasteiger partial charge on any atom is -0.340 e. The predicted molar refractivity (Wildman–Crippen MR) is 91.1 cm³/mol. The van der Waals surface area contributed by atoms with Gasteiger partial charge in [-0.3, -0.25) is 4.79 Å². The van der Waals surface area contributed by atoms with Crippen LogP contribution in [0.2, 0.25) is 0 Å². The van der Waals surface area contributed by atoms with Gasteiger partial charge in [-0.2, -0.15) is 0 Å². The van der Waals surface area contributed by atoms with Crippen LogP contribution >= 0.6 is 21.6 Å². The van der Waals surface area contributed by atoms with E-state index in [4.69, 9.17) is 0 Å². The van der Waals surface area contributed by atoms with Crippen LogP contribution in [0.5, 0.6) is 0 Å². The molecule has 2 heterocycles. The molecule has 116 valence electrons. The van der Waals surface area contributed by atoms with Crippen LogP contribution in [-0.2, 0) is 4.79 Å². The standard InChI is InChI=1S/C16H29NOS2/c1-13-6-5-7-14(2)17(12-13)16(18)9-4-3-8-15-10-11-19-20-15/h13-15H,3-12H2,1-2H3/t13-,14-,15+/m1/s1. The first kappa shape index (κ1) is 16.5. The highest BCUT2D eigenvalue weighted by Gasteiger charge is 2.24. The molecular weight excluding hydrogens is 286 g/mol. The van der Waals surface area contributed by atoms with Gasteiger partial charge in [0.25, 0.3) is 0 Å². The predicted octanol–water partition coefficient (Wildman–Crippen LogP) is 4.74. The molecule has 0 aromatic heterocycles. The van der Waals surface area contributed by atoms with E-state index in [2.05, 4.69) is 29.5 Å². The molecule has 0 aromatic carbocycles. The highest BCUT2D eigenvalue weighted by molar-refractivity contribution is 8.77. The van der Waals surface area contributed by atoms with E-state index in [-0.39, 0.29) is 0 Å². The zero-order chi connectivity index (χ0) is 14.4. The number of hydrogen-bond donors (Lipinski definition) is 0. The maximum absolute atomic E-state index is 12.4. The van der Waals surface area contributed by atoms with Gasteiger partial charge in [0.15, 0.2) is 0 Å². The van der Waals surface area contributed by atoms with E-state index in [0.29, 0.717) is 17.9 Å². The van der Waals surface area contributed by atoms with Gasteiger partial charge in [-0.25, -0.2) is 0 Å². The van der Waals surface area contributed by atoms with Crippen LogP contribution in [0.4, 0.5) is 0 Å². The maximum Gasteiger partial charge on any atom is 0.222 e. The molecule has 2 nitrogen and oxygen atoms in total. The Bertz CT molecular complexity index is 305. The van der Waals surface area contributed by atoms with Gasteiger partial charge in [0, 0.05) is 30.0 Å². The minimum atomic E-state index is 0.403. The van der Waals surface area contributed by atoms with Crippen molar-refractivity contribution in [2.75, 3.05) is 12.3 Å². The van der Waals surface area contributed by atoms with E-state index in [1.54, 1.807) is 0 Å². The van der Waals surface area contributed by atoms with E-state index in [9.17, 15) is 4.79 Å². The van der Waals surface area contributed by atoms with Crippen LogP contribution in [0.15, 0.2) is 0 Å². The normalized spacial score (nSPS) is 31.3. The van der Waals surface area contributed by atoms with Crippen LogP contribution < -0.4 is 0 Å². The summed E-state index contributed by atoms with van der Waals surface area (Å²) in [6, 6.07) is 0.453. The smallest absolute Gasteiger partial charge is 0.222 e. The summed E-state index contributed by atoms with van der Waals surface area (Å²) < 4.78 is 0. The van der Waals surface area contributed by atoms with Crippen molar-refractivity contribution < 1.29 is 4.79 Å². The summed E-state index contributed by atoms with van der Waals surface area (Å²) in [5, 5.41) is 0.854. The van der Waals surface area contributed by atoms with Gasteiger partial charge in [0.2, 0.25) is 5.91 Å². The first-order valence-corrected chi connectivity index (χ1v) is 10.6. The first-order chi connectivity index (χ1) is 9.66. The summed E-state index contributed by atoms with van der Waals surface area (Å²) >= 11 is 0. The van der Waals surface area contributed by atoms with E-state index < -0.39 is 0 Å². The molecule has 4 heteroatoms. The van der Waals surface area contributed by atoms with Crippen LogP contribution in [0.25, 0.3) is 0 Å². The number of carbonyl (C=O) groups is 1. The second-order valence-corrected chi connectivity index (χ2v) is 9.29. The topological polar surface area (TPSA) is 20.3 Å². The molecule has 2 saturated heterocycles. The van der Waals surface area contributed by atoms with Crippen LogP contribution in [-0.4, -0.2) is 34.4 Å². The summed E-state index contributed by atoms with van der Waals surface area (Å²) in [5.74, 6) is 2.40. The lowest BCUT2D eigenvalue weighted by atomic mass is 10.1. The van der Waals surface area contributed by atoms with Gasteiger partial charge in [0.05, 0.1) is 0 Å². The van der Waals surface area contributed by atoms with Crippen molar-refractivity contribution in [3.63, 3.8) is 0 Å². The molecule has 2 aliphatic rings. The Kier molecular flexibility index (Phi) is 7.09. The molecule has 0 saturated carbocycles. The number of hydrogen-bond acceptors (Lipinski definition) is 3. The van der Waals surface area contributed by atoms with Gasteiger partial charge in [-0.15, -0.1) is 0 Å². The fourth-order valence-electron chi connectivity index (χ4n) is 3.23. The third-order valence-electron chi connectivity index (χ3n) is 4.57. The summed E-state index contributed by atoms with van der Waals surface area (Å²) in [7, 11) is 4.07. The Morgan fingerprint density at radius 3 is 2.80 bits per heavy atom.